The lowest BCUT2D eigenvalue weighted by atomic mass is 9.63. The van der Waals surface area contributed by atoms with Gasteiger partial charge >= 0.3 is 0 Å². The molecular formula is C27H48O7Si2. The molecule has 2 saturated carbocycles. The number of carbonyl (C=O) groups is 2. The second-order valence-corrected chi connectivity index (χ2v) is 23.7. The smallest absolute Gasteiger partial charge is 0.192 e. The van der Waals surface area contributed by atoms with Gasteiger partial charge in [0.25, 0.3) is 0 Å². The molecule has 36 heavy (non-hydrogen) atoms. The summed E-state index contributed by atoms with van der Waals surface area (Å²) in [6.07, 6.45) is -2.93. The standard InChI is InChI=1S/C27H48O7Si2/c1-16-20-18(33-24(16)31-8)14-27(22(30)21(20)29)19(28)13-17(15-32-35(9,10)25(2,3)4)23(27)34-36(11,12)26(5,6)7/h17-18,20-21,23-24,29H,1,13-15H2,2-12H3/t17-,18+,20+,21+,23?,24+,27+/m1/s1. The second kappa shape index (κ2) is 9.50. The van der Waals surface area contributed by atoms with Crippen LogP contribution in [0.4, 0.5) is 0 Å². The molecule has 1 N–H and O–H groups in total. The van der Waals surface area contributed by atoms with Gasteiger partial charge in [-0.15, -0.1) is 0 Å². The van der Waals surface area contributed by atoms with Crippen LogP contribution >= 0.6 is 0 Å². The van der Waals surface area contributed by atoms with Crippen LogP contribution in [-0.4, -0.2) is 71.6 Å². The Morgan fingerprint density at radius 3 is 2.11 bits per heavy atom. The van der Waals surface area contributed by atoms with Gasteiger partial charge in [0, 0.05) is 32.0 Å². The molecule has 0 aromatic rings. The molecule has 0 aromatic heterocycles. The fraction of sp³-hybridized carbons (Fsp3) is 0.852. The average Bonchev–Trinajstić information content (AvgIpc) is 3.18. The molecule has 2 aliphatic carbocycles. The SMILES string of the molecule is C=C1[C@@H](OC)O[C@H]2C[C@]3(C(=O)C[C@H](CO[Si](C)(C)C(C)(C)C)C3O[Si](C)(C)C(C)(C)C)C(=O)[C@@H](O)[C@@H]12. The third-order valence-corrected chi connectivity index (χ3v) is 18.7. The maximum absolute atomic E-state index is 14.0. The average molecular weight is 541 g/mol. The largest absolute Gasteiger partial charge is 0.416 e. The van der Waals surface area contributed by atoms with Crippen LogP contribution < -0.4 is 0 Å². The number of hydrogen-bond donors (Lipinski definition) is 1. The van der Waals surface area contributed by atoms with E-state index in [4.69, 9.17) is 18.3 Å². The molecule has 0 amide bonds. The molecule has 0 radical (unpaired) electrons. The third kappa shape index (κ3) is 4.78. The Bertz CT molecular complexity index is 901. The van der Waals surface area contributed by atoms with E-state index >= 15 is 0 Å². The monoisotopic (exact) mass is 540 g/mol. The summed E-state index contributed by atoms with van der Waals surface area (Å²) >= 11 is 0. The molecular weight excluding hydrogens is 492 g/mol. The Morgan fingerprint density at radius 2 is 1.61 bits per heavy atom. The van der Waals surface area contributed by atoms with Gasteiger partial charge in [0.1, 0.15) is 17.3 Å². The molecule has 1 saturated heterocycles. The van der Waals surface area contributed by atoms with Crippen molar-refractivity contribution in [2.45, 2.75) is 115 Å². The summed E-state index contributed by atoms with van der Waals surface area (Å²) in [6, 6.07) is 0. The van der Waals surface area contributed by atoms with Gasteiger partial charge in [0.2, 0.25) is 0 Å². The van der Waals surface area contributed by atoms with E-state index in [1.165, 1.54) is 7.11 Å². The van der Waals surface area contributed by atoms with Crippen molar-refractivity contribution in [3.63, 3.8) is 0 Å². The summed E-state index contributed by atoms with van der Waals surface area (Å²) in [4.78, 5) is 27.8. The van der Waals surface area contributed by atoms with Crippen LogP contribution in [-0.2, 0) is 27.9 Å². The lowest BCUT2D eigenvalue weighted by Crippen LogP contribution is -2.61. The van der Waals surface area contributed by atoms with E-state index < -0.39 is 58.4 Å². The number of hydrogen-bond acceptors (Lipinski definition) is 7. The summed E-state index contributed by atoms with van der Waals surface area (Å²) in [5.41, 5.74) is -0.913. The van der Waals surface area contributed by atoms with Crippen molar-refractivity contribution >= 4 is 28.2 Å². The molecule has 3 fully saturated rings. The first kappa shape index (κ1) is 29.9. The van der Waals surface area contributed by atoms with E-state index in [1.807, 2.05) is 0 Å². The van der Waals surface area contributed by atoms with Crippen molar-refractivity contribution in [2.75, 3.05) is 13.7 Å². The molecule has 0 aromatic carbocycles. The predicted molar refractivity (Wildman–Crippen MR) is 145 cm³/mol. The van der Waals surface area contributed by atoms with Crippen molar-refractivity contribution in [1.82, 2.24) is 0 Å². The fourth-order valence-electron chi connectivity index (χ4n) is 5.32. The summed E-state index contributed by atoms with van der Waals surface area (Å²) in [5.74, 6) is -1.49. The topological polar surface area (TPSA) is 91.3 Å². The van der Waals surface area contributed by atoms with Crippen LogP contribution in [0.2, 0.25) is 36.3 Å². The van der Waals surface area contributed by atoms with Gasteiger partial charge < -0.3 is 23.4 Å². The highest BCUT2D eigenvalue weighted by molar-refractivity contribution is 6.74. The first-order valence-corrected chi connectivity index (χ1v) is 19.0. The van der Waals surface area contributed by atoms with E-state index in [1.54, 1.807) is 0 Å². The Morgan fingerprint density at radius 1 is 1.06 bits per heavy atom. The maximum atomic E-state index is 14.0. The van der Waals surface area contributed by atoms with Crippen LogP contribution in [0, 0.1) is 17.3 Å². The maximum Gasteiger partial charge on any atom is 0.192 e. The summed E-state index contributed by atoms with van der Waals surface area (Å²) < 4.78 is 25.0. The molecule has 3 rings (SSSR count). The zero-order valence-electron chi connectivity index (χ0n) is 24.2. The van der Waals surface area contributed by atoms with Crippen molar-refractivity contribution in [1.29, 1.82) is 0 Å². The summed E-state index contributed by atoms with van der Waals surface area (Å²) in [5, 5.41) is 11.1. The Kier molecular flexibility index (Phi) is 7.88. The summed E-state index contributed by atoms with van der Waals surface area (Å²) in [6.45, 7) is 26.0. The molecule has 206 valence electrons. The predicted octanol–water partition coefficient (Wildman–Crippen LogP) is 4.85. The van der Waals surface area contributed by atoms with Crippen molar-refractivity contribution in [3.05, 3.63) is 12.2 Å². The van der Waals surface area contributed by atoms with Gasteiger partial charge in [-0.1, -0.05) is 48.1 Å². The number of carbonyl (C=O) groups excluding carboxylic acids is 2. The van der Waals surface area contributed by atoms with E-state index in [0.29, 0.717) is 12.2 Å². The highest BCUT2D eigenvalue weighted by Gasteiger charge is 2.68. The number of methoxy groups -OCH3 is 1. The van der Waals surface area contributed by atoms with Crippen molar-refractivity contribution in [3.8, 4) is 0 Å². The van der Waals surface area contributed by atoms with Crippen LogP contribution in [0.3, 0.4) is 0 Å². The number of aliphatic hydroxyl groups is 1. The van der Waals surface area contributed by atoms with Crippen LogP contribution in [0.5, 0.6) is 0 Å². The molecule has 7 atom stereocenters. The first-order valence-electron chi connectivity index (χ1n) is 13.2. The Hall–Kier alpha value is -0.686. The van der Waals surface area contributed by atoms with Gasteiger partial charge in [-0.25, -0.2) is 0 Å². The van der Waals surface area contributed by atoms with Gasteiger partial charge in [-0.2, -0.15) is 0 Å². The minimum Gasteiger partial charge on any atom is -0.416 e. The van der Waals surface area contributed by atoms with Gasteiger partial charge in [-0.3, -0.25) is 9.59 Å². The number of fused-ring (bicyclic) bond motifs is 1. The van der Waals surface area contributed by atoms with E-state index in [-0.39, 0.29) is 34.6 Å². The number of rotatable bonds is 6. The minimum atomic E-state index is -2.40. The van der Waals surface area contributed by atoms with Crippen LogP contribution in [0.1, 0.15) is 54.4 Å². The van der Waals surface area contributed by atoms with E-state index in [2.05, 4.69) is 74.3 Å². The second-order valence-electron chi connectivity index (χ2n) is 14.1. The van der Waals surface area contributed by atoms with Crippen LogP contribution in [0.25, 0.3) is 0 Å². The molecule has 1 aliphatic heterocycles. The molecule has 9 heteroatoms. The molecule has 1 heterocycles. The molecule has 1 spiro atoms. The first-order chi connectivity index (χ1) is 16.2. The molecule has 0 bridgehead atoms. The lowest BCUT2D eigenvalue weighted by molar-refractivity contribution is -0.171. The third-order valence-electron chi connectivity index (χ3n) is 9.77. The number of ketones is 2. The van der Waals surface area contributed by atoms with Crippen LogP contribution in [0.15, 0.2) is 12.2 Å². The number of Topliss-reactive ketones (excluding diaryl/α,β-unsaturated/α-hetero) is 2. The van der Waals surface area contributed by atoms with E-state index in [0.717, 1.165) is 0 Å². The zero-order chi connectivity index (χ0) is 27.6. The minimum absolute atomic E-state index is 0.0143. The molecule has 3 aliphatic rings. The normalized spacial score (nSPS) is 36.2. The molecule has 7 nitrogen and oxygen atoms in total. The fourth-order valence-corrected chi connectivity index (χ4v) is 7.77. The Balaban J connectivity index is 2.03. The number of aliphatic hydroxyl groups excluding tert-OH is 1. The highest BCUT2D eigenvalue weighted by atomic mass is 28.4. The molecule has 1 unspecified atom stereocenters. The zero-order valence-corrected chi connectivity index (χ0v) is 26.2. The summed E-state index contributed by atoms with van der Waals surface area (Å²) in [7, 11) is -2.98. The van der Waals surface area contributed by atoms with Crippen molar-refractivity contribution in [2.24, 2.45) is 17.3 Å². The highest BCUT2D eigenvalue weighted by Crippen LogP contribution is 2.56. The lowest BCUT2D eigenvalue weighted by Gasteiger charge is -2.48. The number of ether oxygens (including phenoxy) is 2. The van der Waals surface area contributed by atoms with E-state index in [9.17, 15) is 14.7 Å². The van der Waals surface area contributed by atoms with Crippen molar-refractivity contribution < 1.29 is 33.0 Å². The van der Waals surface area contributed by atoms with Gasteiger partial charge in [-0.05, 0) is 48.3 Å². The van der Waals surface area contributed by atoms with Gasteiger partial charge in [0.05, 0.1) is 12.2 Å². The quantitative estimate of drug-likeness (QED) is 0.292. The van der Waals surface area contributed by atoms with Gasteiger partial charge in [0.15, 0.2) is 28.7 Å². The Labute approximate surface area is 219 Å².